The van der Waals surface area contributed by atoms with Crippen molar-refractivity contribution in [2.45, 2.75) is 44.8 Å². The Hall–Kier alpha value is -3.93. The second-order valence-corrected chi connectivity index (χ2v) is 10.8. The SMILES string of the molecule is CCc1ccc2c(c1)CCc1ccc(-c3ccccc3)cc1C2N(C)CCOc1ccc(CC(OC)C(=O)O)cc1. The summed E-state index contributed by atoms with van der Waals surface area (Å²) >= 11 is 0. The Labute approximate surface area is 243 Å². The van der Waals surface area contributed by atoms with Crippen LogP contribution in [0.25, 0.3) is 11.1 Å². The van der Waals surface area contributed by atoms with E-state index >= 15 is 0 Å². The number of aliphatic carboxylic acids is 1. The molecule has 0 radical (unpaired) electrons. The molecule has 5 rings (SSSR count). The van der Waals surface area contributed by atoms with Crippen LogP contribution in [0.15, 0.2) is 91.0 Å². The molecule has 1 N–H and O–H groups in total. The molecule has 41 heavy (non-hydrogen) atoms. The molecule has 212 valence electrons. The number of ether oxygens (including phenoxy) is 2. The van der Waals surface area contributed by atoms with Crippen LogP contribution in [0.5, 0.6) is 5.75 Å². The second kappa shape index (κ2) is 13.2. The van der Waals surface area contributed by atoms with Gasteiger partial charge in [-0.2, -0.15) is 0 Å². The van der Waals surface area contributed by atoms with E-state index in [0.717, 1.165) is 37.1 Å². The number of methoxy groups -OCH3 is 1. The van der Waals surface area contributed by atoms with Crippen molar-refractivity contribution in [3.05, 3.63) is 124 Å². The highest BCUT2D eigenvalue weighted by Crippen LogP contribution is 2.38. The summed E-state index contributed by atoms with van der Waals surface area (Å²) in [6, 6.07) is 32.3. The van der Waals surface area contributed by atoms with Gasteiger partial charge in [-0.3, -0.25) is 4.90 Å². The lowest BCUT2D eigenvalue weighted by Gasteiger charge is -2.31. The number of carbonyl (C=O) groups is 1. The molecule has 0 aliphatic heterocycles. The Morgan fingerprint density at radius 1 is 0.878 bits per heavy atom. The van der Waals surface area contributed by atoms with Gasteiger partial charge in [-0.25, -0.2) is 4.79 Å². The van der Waals surface area contributed by atoms with Gasteiger partial charge in [0.15, 0.2) is 6.10 Å². The number of nitrogens with zero attached hydrogens (tertiary/aromatic N) is 1. The van der Waals surface area contributed by atoms with Crippen LogP contribution in [-0.2, 0) is 35.2 Å². The highest BCUT2D eigenvalue weighted by Gasteiger charge is 2.27. The van der Waals surface area contributed by atoms with Crippen LogP contribution in [0.1, 0.15) is 46.3 Å². The van der Waals surface area contributed by atoms with Crippen LogP contribution < -0.4 is 4.74 Å². The summed E-state index contributed by atoms with van der Waals surface area (Å²) in [5.74, 6) is -0.189. The molecule has 0 amide bonds. The largest absolute Gasteiger partial charge is 0.492 e. The molecule has 0 aromatic heterocycles. The zero-order valence-corrected chi connectivity index (χ0v) is 24.2. The number of fused-ring (bicyclic) bond motifs is 2. The first-order valence-corrected chi connectivity index (χ1v) is 14.4. The van der Waals surface area contributed by atoms with Gasteiger partial charge < -0.3 is 14.6 Å². The molecule has 1 aliphatic carbocycles. The van der Waals surface area contributed by atoms with Crippen molar-refractivity contribution in [2.75, 3.05) is 27.3 Å². The van der Waals surface area contributed by atoms with Crippen molar-refractivity contribution < 1.29 is 19.4 Å². The molecule has 0 heterocycles. The lowest BCUT2D eigenvalue weighted by atomic mass is 9.90. The Morgan fingerprint density at radius 2 is 1.61 bits per heavy atom. The third kappa shape index (κ3) is 6.70. The molecule has 0 saturated heterocycles. The Balaban J connectivity index is 1.36. The molecule has 5 nitrogen and oxygen atoms in total. The zero-order valence-electron chi connectivity index (χ0n) is 24.2. The summed E-state index contributed by atoms with van der Waals surface area (Å²) in [5.41, 5.74) is 10.3. The molecular weight excluding hydrogens is 510 g/mol. The number of hydrogen-bond donors (Lipinski definition) is 1. The maximum atomic E-state index is 11.3. The minimum Gasteiger partial charge on any atom is -0.492 e. The van der Waals surface area contributed by atoms with E-state index in [0.29, 0.717) is 13.0 Å². The van der Waals surface area contributed by atoms with Crippen LogP contribution in [0.3, 0.4) is 0 Å². The third-order valence-electron chi connectivity index (χ3n) is 8.18. The summed E-state index contributed by atoms with van der Waals surface area (Å²) < 4.78 is 11.2. The number of carboxylic acids is 1. The smallest absolute Gasteiger partial charge is 0.333 e. The number of carboxylic acid groups (broad SMARTS) is 1. The van der Waals surface area contributed by atoms with Crippen LogP contribution >= 0.6 is 0 Å². The van der Waals surface area contributed by atoms with E-state index in [1.54, 1.807) is 0 Å². The average molecular weight is 550 g/mol. The van der Waals surface area contributed by atoms with E-state index in [4.69, 9.17) is 9.47 Å². The van der Waals surface area contributed by atoms with Crippen LogP contribution in [0.2, 0.25) is 0 Å². The number of likely N-dealkylation sites (N-methyl/N-ethyl adjacent to an activating group) is 1. The van der Waals surface area contributed by atoms with E-state index < -0.39 is 12.1 Å². The number of aryl methyl sites for hydroxylation is 3. The predicted molar refractivity (Wildman–Crippen MR) is 164 cm³/mol. The average Bonchev–Trinajstić information content (AvgIpc) is 3.16. The molecule has 4 aromatic carbocycles. The van der Waals surface area contributed by atoms with Gasteiger partial charge in [-0.1, -0.05) is 79.7 Å². The molecule has 5 heteroatoms. The van der Waals surface area contributed by atoms with E-state index in [9.17, 15) is 9.90 Å². The van der Waals surface area contributed by atoms with Crippen molar-refractivity contribution >= 4 is 5.97 Å². The molecule has 0 bridgehead atoms. The third-order valence-corrected chi connectivity index (χ3v) is 8.18. The van der Waals surface area contributed by atoms with Gasteiger partial charge in [0.2, 0.25) is 0 Å². The molecule has 1 aliphatic rings. The monoisotopic (exact) mass is 549 g/mol. The van der Waals surface area contributed by atoms with Crippen molar-refractivity contribution in [1.82, 2.24) is 4.90 Å². The van der Waals surface area contributed by atoms with Crippen molar-refractivity contribution in [3.63, 3.8) is 0 Å². The van der Waals surface area contributed by atoms with Gasteiger partial charge in [-0.05, 0) is 89.0 Å². The Bertz CT molecular complexity index is 1470. The fourth-order valence-electron chi connectivity index (χ4n) is 5.81. The predicted octanol–water partition coefficient (Wildman–Crippen LogP) is 6.76. The zero-order chi connectivity index (χ0) is 28.8. The minimum absolute atomic E-state index is 0.130. The summed E-state index contributed by atoms with van der Waals surface area (Å²) in [6.45, 7) is 3.51. The van der Waals surface area contributed by atoms with Crippen LogP contribution in [0.4, 0.5) is 0 Å². The Kier molecular flexibility index (Phi) is 9.17. The van der Waals surface area contributed by atoms with Gasteiger partial charge in [0.05, 0.1) is 6.04 Å². The van der Waals surface area contributed by atoms with Gasteiger partial charge in [0.25, 0.3) is 0 Å². The first-order chi connectivity index (χ1) is 20.0. The quantitative estimate of drug-likeness (QED) is 0.224. The summed E-state index contributed by atoms with van der Waals surface area (Å²) in [6.07, 6.45) is 2.58. The van der Waals surface area contributed by atoms with Gasteiger partial charge in [-0.15, -0.1) is 0 Å². The molecule has 0 saturated carbocycles. The van der Waals surface area contributed by atoms with Crippen LogP contribution in [-0.4, -0.2) is 49.4 Å². The maximum absolute atomic E-state index is 11.3. The first kappa shape index (κ1) is 28.6. The van der Waals surface area contributed by atoms with Crippen molar-refractivity contribution in [1.29, 1.82) is 0 Å². The van der Waals surface area contributed by atoms with E-state index in [1.807, 2.05) is 24.3 Å². The van der Waals surface area contributed by atoms with Crippen molar-refractivity contribution in [2.24, 2.45) is 0 Å². The fourth-order valence-corrected chi connectivity index (χ4v) is 5.81. The summed E-state index contributed by atoms with van der Waals surface area (Å²) in [7, 11) is 3.61. The lowest BCUT2D eigenvalue weighted by molar-refractivity contribution is -0.148. The maximum Gasteiger partial charge on any atom is 0.333 e. The summed E-state index contributed by atoms with van der Waals surface area (Å²) in [4.78, 5) is 13.7. The first-order valence-electron chi connectivity index (χ1n) is 14.4. The number of benzene rings is 4. The molecule has 2 atom stereocenters. The van der Waals surface area contributed by atoms with Gasteiger partial charge in [0, 0.05) is 20.1 Å². The highest BCUT2D eigenvalue weighted by atomic mass is 16.5. The standard InChI is InChI=1S/C36H39NO4/c1-4-25-12-19-32-30(22-25)16-14-28-13-15-29(27-8-6-5-7-9-27)24-33(28)35(32)37(2)20-21-41-31-17-10-26(11-18-31)23-34(40-3)36(38)39/h5-13,15,17-19,22,24,34-35H,4,14,16,20-21,23H2,1-3H3,(H,38,39). The topological polar surface area (TPSA) is 59.0 Å². The normalized spacial score (nSPS) is 15.1. The molecule has 0 fully saturated rings. The molecular formula is C36H39NO4. The van der Waals surface area contributed by atoms with Gasteiger partial charge in [0.1, 0.15) is 12.4 Å². The summed E-state index contributed by atoms with van der Waals surface area (Å²) in [5, 5.41) is 9.25. The van der Waals surface area contributed by atoms with Gasteiger partial charge >= 0.3 is 5.97 Å². The number of rotatable bonds is 11. The fraction of sp³-hybridized carbons (Fsp3) is 0.306. The lowest BCUT2D eigenvalue weighted by Crippen LogP contribution is -2.30. The highest BCUT2D eigenvalue weighted by molar-refractivity contribution is 5.72. The molecule has 2 unspecified atom stereocenters. The second-order valence-electron chi connectivity index (χ2n) is 10.8. The van der Waals surface area contributed by atoms with E-state index in [1.165, 1.54) is 46.1 Å². The molecule has 0 spiro atoms. The van der Waals surface area contributed by atoms with Crippen molar-refractivity contribution in [3.8, 4) is 16.9 Å². The molecule has 4 aromatic rings. The Morgan fingerprint density at radius 3 is 2.32 bits per heavy atom. The van der Waals surface area contributed by atoms with E-state index in [-0.39, 0.29) is 6.04 Å². The van der Waals surface area contributed by atoms with Crippen LogP contribution in [0, 0.1) is 0 Å². The number of hydrogen-bond acceptors (Lipinski definition) is 4. The van der Waals surface area contributed by atoms with E-state index in [2.05, 4.69) is 85.6 Å². The minimum atomic E-state index is -0.959.